The molecule has 0 atom stereocenters. The summed E-state index contributed by atoms with van der Waals surface area (Å²) in [7, 11) is 0. The Morgan fingerprint density at radius 1 is 0.639 bits per heavy atom. The minimum atomic E-state index is -0.525. The van der Waals surface area contributed by atoms with Crippen LogP contribution in [-0.2, 0) is 28.7 Å². The number of ketones is 2. The molecule has 6 heteroatoms. The van der Waals surface area contributed by atoms with Crippen molar-refractivity contribution in [3.05, 3.63) is 23.3 Å². The summed E-state index contributed by atoms with van der Waals surface area (Å²) in [5.41, 5.74) is -0.0793. The Morgan fingerprint density at radius 3 is 1.33 bits per heavy atom. The molecule has 1 aliphatic rings. The number of hydrogen-bond acceptors (Lipinski definition) is 6. The number of rotatable bonds is 18. The summed E-state index contributed by atoms with van der Waals surface area (Å²) in [6.07, 6.45) is 12.0. The maximum atomic E-state index is 13.0. The van der Waals surface area contributed by atoms with E-state index in [0.29, 0.717) is 62.9 Å². The average molecular weight is 505 g/mol. The summed E-state index contributed by atoms with van der Waals surface area (Å²) in [5.74, 6) is -0.730. The first-order valence-corrected chi connectivity index (χ1v) is 13.8. The van der Waals surface area contributed by atoms with Crippen LogP contribution in [0.5, 0.6) is 0 Å². The van der Waals surface area contributed by atoms with Gasteiger partial charge >= 0.3 is 11.9 Å². The van der Waals surface area contributed by atoms with Gasteiger partial charge in [-0.1, -0.05) is 67.2 Å². The molecule has 6 nitrogen and oxygen atoms in total. The van der Waals surface area contributed by atoms with Crippen LogP contribution in [0.15, 0.2) is 23.3 Å². The lowest BCUT2D eigenvalue weighted by atomic mass is 9.70. The number of esters is 2. The van der Waals surface area contributed by atoms with E-state index in [0.717, 1.165) is 38.5 Å². The van der Waals surface area contributed by atoms with Crippen molar-refractivity contribution in [1.29, 1.82) is 0 Å². The van der Waals surface area contributed by atoms with Crippen molar-refractivity contribution >= 4 is 23.5 Å². The van der Waals surface area contributed by atoms with E-state index in [9.17, 15) is 19.2 Å². The summed E-state index contributed by atoms with van der Waals surface area (Å²) in [4.78, 5) is 50.0. The van der Waals surface area contributed by atoms with Crippen molar-refractivity contribution < 1.29 is 28.7 Å². The number of ether oxygens (including phenoxy) is 2. The van der Waals surface area contributed by atoms with Crippen LogP contribution in [0, 0.1) is 10.8 Å². The summed E-state index contributed by atoms with van der Waals surface area (Å²) in [5, 5.41) is 0. The highest BCUT2D eigenvalue weighted by Crippen LogP contribution is 2.40. The van der Waals surface area contributed by atoms with Gasteiger partial charge in [-0.05, 0) is 61.5 Å². The van der Waals surface area contributed by atoms with Gasteiger partial charge in [-0.15, -0.1) is 0 Å². The quantitative estimate of drug-likeness (QED) is 0.115. The third kappa shape index (κ3) is 11.2. The van der Waals surface area contributed by atoms with Crippen LogP contribution >= 0.6 is 0 Å². The summed E-state index contributed by atoms with van der Waals surface area (Å²) >= 11 is 0. The minimum Gasteiger partial charge on any atom is -0.466 e. The van der Waals surface area contributed by atoms with E-state index in [1.165, 1.54) is 12.2 Å². The van der Waals surface area contributed by atoms with Crippen molar-refractivity contribution in [2.45, 2.75) is 119 Å². The van der Waals surface area contributed by atoms with Crippen molar-refractivity contribution in [3.63, 3.8) is 0 Å². The Hall–Kier alpha value is -2.24. The molecule has 0 unspecified atom stereocenters. The van der Waals surface area contributed by atoms with Crippen molar-refractivity contribution in [2.75, 3.05) is 13.2 Å². The van der Waals surface area contributed by atoms with Gasteiger partial charge in [-0.3, -0.25) is 19.2 Å². The Balaban J connectivity index is 2.59. The second kappa shape index (κ2) is 15.8. The number of hydrogen-bond donors (Lipinski definition) is 0. The van der Waals surface area contributed by atoms with Gasteiger partial charge in [-0.25, -0.2) is 0 Å². The van der Waals surface area contributed by atoms with Gasteiger partial charge in [0.1, 0.15) is 0 Å². The largest absolute Gasteiger partial charge is 0.466 e. The van der Waals surface area contributed by atoms with Crippen molar-refractivity contribution in [2.24, 2.45) is 10.8 Å². The van der Waals surface area contributed by atoms with Crippen molar-refractivity contribution in [3.8, 4) is 0 Å². The monoisotopic (exact) mass is 504 g/mol. The molecule has 1 rings (SSSR count). The van der Waals surface area contributed by atoms with E-state index in [1.807, 2.05) is 27.7 Å². The van der Waals surface area contributed by atoms with Crippen LogP contribution in [0.3, 0.4) is 0 Å². The first kappa shape index (κ1) is 31.8. The fourth-order valence-electron chi connectivity index (χ4n) is 4.46. The standard InChI is InChI=1S/C30H48O6/c1-7-9-11-19-35-27(33)15-13-17-29(3,4)23-21-26(32)24(22-25(23)31)30(5,6)18-14-16-28(34)36-20-12-10-8-2/h21-22H,7-20H2,1-6H3. The predicted octanol–water partition coefficient (Wildman–Crippen LogP) is 6.85. The smallest absolute Gasteiger partial charge is 0.305 e. The van der Waals surface area contributed by atoms with Crippen LogP contribution < -0.4 is 0 Å². The highest BCUT2D eigenvalue weighted by molar-refractivity contribution is 6.20. The average Bonchev–Trinajstić information content (AvgIpc) is 2.80. The molecule has 0 heterocycles. The third-order valence-electron chi connectivity index (χ3n) is 6.93. The highest BCUT2D eigenvalue weighted by atomic mass is 16.5. The fourth-order valence-corrected chi connectivity index (χ4v) is 4.46. The molecule has 0 aromatic carbocycles. The SMILES string of the molecule is CCCCCOC(=O)CCCC(C)(C)C1=CC(=O)C(C(C)(C)CCCC(=O)OCCCCC)=CC1=O. The molecule has 0 saturated carbocycles. The molecule has 1 aliphatic carbocycles. The zero-order chi connectivity index (χ0) is 27.2. The maximum absolute atomic E-state index is 13.0. The lowest BCUT2D eigenvalue weighted by Crippen LogP contribution is -2.30. The zero-order valence-electron chi connectivity index (χ0n) is 23.5. The number of unbranched alkanes of at least 4 members (excludes halogenated alkanes) is 4. The molecule has 0 aromatic rings. The Kier molecular flexibility index (Phi) is 13.9. The van der Waals surface area contributed by atoms with Crippen molar-refractivity contribution in [1.82, 2.24) is 0 Å². The first-order chi connectivity index (χ1) is 16.9. The molecule has 0 amide bonds. The molecule has 36 heavy (non-hydrogen) atoms. The molecule has 0 N–H and O–H groups in total. The van der Waals surface area contributed by atoms with E-state index in [-0.39, 0.29) is 23.5 Å². The van der Waals surface area contributed by atoms with Gasteiger partial charge in [-0.2, -0.15) is 0 Å². The molecular weight excluding hydrogens is 456 g/mol. The molecule has 0 spiro atoms. The van der Waals surface area contributed by atoms with Crippen LogP contribution in [0.25, 0.3) is 0 Å². The van der Waals surface area contributed by atoms with E-state index in [2.05, 4.69) is 13.8 Å². The summed E-state index contributed by atoms with van der Waals surface area (Å²) < 4.78 is 10.5. The van der Waals surface area contributed by atoms with Gasteiger partial charge in [0.15, 0.2) is 11.6 Å². The lowest BCUT2D eigenvalue weighted by molar-refractivity contribution is -0.144. The Bertz CT molecular complexity index is 747. The Morgan fingerprint density at radius 2 is 1.00 bits per heavy atom. The van der Waals surface area contributed by atoms with Gasteiger partial charge in [0.2, 0.25) is 0 Å². The topological polar surface area (TPSA) is 86.7 Å². The second-order valence-corrected chi connectivity index (χ2v) is 11.2. The molecular formula is C30H48O6. The van der Waals surface area contributed by atoms with Gasteiger partial charge < -0.3 is 9.47 Å². The first-order valence-electron chi connectivity index (χ1n) is 13.8. The van der Waals surface area contributed by atoms with E-state index in [4.69, 9.17) is 9.47 Å². The van der Waals surface area contributed by atoms with Gasteiger partial charge in [0.25, 0.3) is 0 Å². The normalized spacial score (nSPS) is 14.4. The molecule has 0 aliphatic heterocycles. The fraction of sp³-hybridized carbons (Fsp3) is 0.733. The molecule has 0 radical (unpaired) electrons. The third-order valence-corrected chi connectivity index (χ3v) is 6.93. The van der Waals surface area contributed by atoms with Gasteiger partial charge in [0, 0.05) is 24.0 Å². The number of allylic oxidation sites excluding steroid dienone is 4. The number of carbonyl (C=O) groups is 4. The molecule has 0 fully saturated rings. The molecule has 0 saturated heterocycles. The van der Waals surface area contributed by atoms with E-state index >= 15 is 0 Å². The predicted molar refractivity (Wildman–Crippen MR) is 142 cm³/mol. The van der Waals surface area contributed by atoms with Crippen LogP contribution in [0.4, 0.5) is 0 Å². The summed E-state index contributed by atoms with van der Waals surface area (Å²) in [6, 6.07) is 0. The molecule has 0 aromatic heterocycles. The van der Waals surface area contributed by atoms with Gasteiger partial charge in [0.05, 0.1) is 13.2 Å². The highest BCUT2D eigenvalue weighted by Gasteiger charge is 2.36. The Labute approximate surface area is 218 Å². The molecule has 0 bridgehead atoms. The second-order valence-electron chi connectivity index (χ2n) is 11.2. The molecule has 204 valence electrons. The zero-order valence-corrected chi connectivity index (χ0v) is 23.5. The van der Waals surface area contributed by atoms with E-state index < -0.39 is 10.8 Å². The summed E-state index contributed by atoms with van der Waals surface area (Å²) in [6.45, 7) is 12.9. The van der Waals surface area contributed by atoms with Crippen LogP contribution in [0.2, 0.25) is 0 Å². The lowest BCUT2D eigenvalue weighted by Gasteiger charge is -2.32. The van der Waals surface area contributed by atoms with Crippen LogP contribution in [-0.4, -0.2) is 36.7 Å². The number of carbonyl (C=O) groups excluding carboxylic acids is 4. The van der Waals surface area contributed by atoms with E-state index in [1.54, 1.807) is 0 Å². The van der Waals surface area contributed by atoms with Crippen LogP contribution in [0.1, 0.15) is 119 Å². The maximum Gasteiger partial charge on any atom is 0.305 e. The minimum absolute atomic E-state index is 0.153.